The normalized spacial score (nSPS) is 9.57. The van der Waals surface area contributed by atoms with Crippen molar-refractivity contribution in [2.24, 2.45) is 0 Å². The summed E-state index contributed by atoms with van der Waals surface area (Å²) in [5.74, 6) is -0.994. The molecule has 0 saturated carbocycles. The number of carbonyl (C=O) groups is 2. The Bertz CT molecular complexity index is 358. The van der Waals surface area contributed by atoms with E-state index in [9.17, 15) is 9.59 Å². The first-order valence-corrected chi connectivity index (χ1v) is 4.44. The molecule has 3 heteroatoms. The zero-order chi connectivity index (χ0) is 10.6. The van der Waals surface area contributed by atoms with Gasteiger partial charge in [0.2, 0.25) is 5.78 Å². The number of Topliss-reactive ketones (excluding diaryl/α,β-unsaturated/α-hetero) is 1. The van der Waals surface area contributed by atoms with Crippen molar-refractivity contribution in [2.45, 2.75) is 20.4 Å². The summed E-state index contributed by atoms with van der Waals surface area (Å²) < 4.78 is 0. The minimum Gasteiger partial charge on any atom is -0.345 e. The summed E-state index contributed by atoms with van der Waals surface area (Å²) >= 11 is 0. The Hall–Kier alpha value is -1.64. The smallest absolute Gasteiger partial charge is 0.287 e. The van der Waals surface area contributed by atoms with E-state index >= 15 is 0 Å². The van der Waals surface area contributed by atoms with Gasteiger partial charge in [0.25, 0.3) is 5.91 Å². The summed E-state index contributed by atoms with van der Waals surface area (Å²) in [6.45, 7) is 3.63. The van der Waals surface area contributed by atoms with Crippen molar-refractivity contribution in [1.82, 2.24) is 5.32 Å². The highest BCUT2D eigenvalue weighted by atomic mass is 16.2. The van der Waals surface area contributed by atoms with E-state index in [1.54, 1.807) is 0 Å². The average molecular weight is 191 g/mol. The molecule has 1 aromatic rings. The highest BCUT2D eigenvalue weighted by molar-refractivity contribution is 6.35. The fourth-order valence-electron chi connectivity index (χ4n) is 1.11. The molecule has 1 rings (SSSR count). The van der Waals surface area contributed by atoms with Gasteiger partial charge in [-0.1, -0.05) is 24.3 Å². The summed E-state index contributed by atoms with van der Waals surface area (Å²) in [6, 6.07) is 7.74. The van der Waals surface area contributed by atoms with Crippen LogP contribution in [-0.4, -0.2) is 11.7 Å². The zero-order valence-corrected chi connectivity index (χ0v) is 8.33. The van der Waals surface area contributed by atoms with E-state index in [1.165, 1.54) is 6.92 Å². The van der Waals surface area contributed by atoms with Crippen LogP contribution in [0.2, 0.25) is 0 Å². The largest absolute Gasteiger partial charge is 0.345 e. The van der Waals surface area contributed by atoms with Gasteiger partial charge in [0.1, 0.15) is 0 Å². The van der Waals surface area contributed by atoms with Crippen LogP contribution in [0.5, 0.6) is 0 Å². The van der Waals surface area contributed by atoms with Gasteiger partial charge in [-0.05, 0) is 18.1 Å². The zero-order valence-electron chi connectivity index (χ0n) is 8.33. The van der Waals surface area contributed by atoms with Crippen molar-refractivity contribution in [2.75, 3.05) is 0 Å². The van der Waals surface area contributed by atoms with Gasteiger partial charge in [-0.25, -0.2) is 0 Å². The summed E-state index contributed by atoms with van der Waals surface area (Å²) in [6.07, 6.45) is 0. The van der Waals surface area contributed by atoms with Gasteiger partial charge in [0.15, 0.2) is 0 Å². The minimum atomic E-state index is -0.534. The lowest BCUT2D eigenvalue weighted by Gasteiger charge is -2.05. The molecular formula is C11H13NO2. The highest BCUT2D eigenvalue weighted by Gasteiger charge is 2.06. The number of benzene rings is 1. The molecule has 0 aliphatic heterocycles. The molecule has 0 aromatic heterocycles. The van der Waals surface area contributed by atoms with E-state index in [1.807, 2.05) is 31.2 Å². The maximum Gasteiger partial charge on any atom is 0.287 e. The number of ketones is 1. The molecule has 14 heavy (non-hydrogen) atoms. The molecule has 0 heterocycles. The lowest BCUT2D eigenvalue weighted by Crippen LogP contribution is -2.28. The van der Waals surface area contributed by atoms with Crippen molar-refractivity contribution < 1.29 is 9.59 Å². The Kier molecular flexibility index (Phi) is 3.40. The van der Waals surface area contributed by atoms with E-state index in [0.29, 0.717) is 6.54 Å². The van der Waals surface area contributed by atoms with E-state index in [0.717, 1.165) is 11.1 Å². The second-order valence-electron chi connectivity index (χ2n) is 3.17. The van der Waals surface area contributed by atoms with E-state index in [4.69, 9.17) is 0 Å². The van der Waals surface area contributed by atoms with Crippen LogP contribution < -0.4 is 5.32 Å². The van der Waals surface area contributed by atoms with E-state index in [-0.39, 0.29) is 0 Å². The van der Waals surface area contributed by atoms with Crippen molar-refractivity contribution >= 4 is 11.7 Å². The predicted octanol–water partition coefficient (Wildman–Crippen LogP) is 1.20. The Balaban J connectivity index is 2.58. The van der Waals surface area contributed by atoms with Crippen LogP contribution in [0, 0.1) is 6.92 Å². The molecule has 0 atom stereocenters. The van der Waals surface area contributed by atoms with Crippen molar-refractivity contribution in [3.63, 3.8) is 0 Å². The maximum atomic E-state index is 11.0. The molecule has 0 bridgehead atoms. The molecule has 1 amide bonds. The first kappa shape index (κ1) is 10.4. The molecule has 0 spiro atoms. The van der Waals surface area contributed by atoms with E-state index in [2.05, 4.69) is 5.32 Å². The monoisotopic (exact) mass is 191 g/mol. The summed E-state index contributed by atoms with van der Waals surface area (Å²) in [5.41, 5.74) is 2.14. The van der Waals surface area contributed by atoms with Crippen LogP contribution in [0.1, 0.15) is 18.1 Å². The molecule has 0 fully saturated rings. The molecule has 0 aliphatic rings. The molecular weight excluding hydrogens is 178 g/mol. The molecule has 0 aliphatic carbocycles. The van der Waals surface area contributed by atoms with Crippen molar-refractivity contribution in [3.8, 4) is 0 Å². The summed E-state index contributed by atoms with van der Waals surface area (Å²) in [7, 11) is 0. The van der Waals surface area contributed by atoms with Crippen LogP contribution in [0.15, 0.2) is 24.3 Å². The first-order valence-electron chi connectivity index (χ1n) is 4.44. The van der Waals surface area contributed by atoms with Crippen LogP contribution in [0.3, 0.4) is 0 Å². The summed E-state index contributed by atoms with van der Waals surface area (Å²) in [5, 5.41) is 2.55. The molecule has 74 valence electrons. The van der Waals surface area contributed by atoms with Crippen LogP contribution in [0.4, 0.5) is 0 Å². The number of rotatable bonds is 3. The number of hydrogen-bond donors (Lipinski definition) is 1. The summed E-state index contributed by atoms with van der Waals surface area (Å²) in [4.78, 5) is 21.6. The lowest BCUT2D eigenvalue weighted by molar-refractivity contribution is -0.136. The quantitative estimate of drug-likeness (QED) is 0.730. The average Bonchev–Trinajstić information content (AvgIpc) is 2.16. The van der Waals surface area contributed by atoms with Gasteiger partial charge in [0.05, 0.1) is 0 Å². The molecule has 1 aromatic carbocycles. The van der Waals surface area contributed by atoms with Crippen molar-refractivity contribution in [3.05, 3.63) is 35.4 Å². The van der Waals surface area contributed by atoms with Gasteiger partial charge in [-0.15, -0.1) is 0 Å². The topological polar surface area (TPSA) is 46.2 Å². The third kappa shape index (κ3) is 2.69. The first-order chi connectivity index (χ1) is 6.61. The maximum absolute atomic E-state index is 11.0. The molecule has 3 nitrogen and oxygen atoms in total. The fourth-order valence-corrected chi connectivity index (χ4v) is 1.11. The van der Waals surface area contributed by atoms with Crippen LogP contribution in [0.25, 0.3) is 0 Å². The molecule has 1 N–H and O–H groups in total. The van der Waals surface area contributed by atoms with Gasteiger partial charge in [-0.3, -0.25) is 9.59 Å². The Morgan fingerprint density at radius 1 is 1.29 bits per heavy atom. The Morgan fingerprint density at radius 3 is 2.50 bits per heavy atom. The minimum absolute atomic E-state index is 0.408. The molecule has 0 saturated heterocycles. The predicted molar refractivity (Wildman–Crippen MR) is 53.7 cm³/mol. The number of carbonyl (C=O) groups excluding carboxylic acids is 2. The third-order valence-corrected chi connectivity index (χ3v) is 2.02. The molecule has 0 radical (unpaired) electrons. The third-order valence-electron chi connectivity index (χ3n) is 2.02. The highest BCUT2D eigenvalue weighted by Crippen LogP contribution is 2.05. The number of amides is 1. The SMILES string of the molecule is CC(=O)C(=O)NCc1ccccc1C. The van der Waals surface area contributed by atoms with Gasteiger partial charge >= 0.3 is 0 Å². The standard InChI is InChI=1S/C11H13NO2/c1-8-5-3-4-6-10(8)7-12-11(14)9(2)13/h3-6H,7H2,1-2H3,(H,12,14). The second-order valence-corrected chi connectivity index (χ2v) is 3.17. The van der Waals surface area contributed by atoms with Crippen LogP contribution in [-0.2, 0) is 16.1 Å². The number of hydrogen-bond acceptors (Lipinski definition) is 2. The lowest BCUT2D eigenvalue weighted by atomic mass is 10.1. The molecule has 0 unspecified atom stereocenters. The van der Waals surface area contributed by atoms with Crippen LogP contribution >= 0.6 is 0 Å². The van der Waals surface area contributed by atoms with Gasteiger partial charge in [-0.2, -0.15) is 0 Å². The van der Waals surface area contributed by atoms with E-state index < -0.39 is 11.7 Å². The van der Waals surface area contributed by atoms with Gasteiger partial charge in [0, 0.05) is 13.5 Å². The Labute approximate surface area is 83.1 Å². The van der Waals surface area contributed by atoms with Gasteiger partial charge < -0.3 is 5.32 Å². The fraction of sp³-hybridized carbons (Fsp3) is 0.273. The number of aryl methyl sites for hydroxylation is 1. The second kappa shape index (κ2) is 4.56. The Morgan fingerprint density at radius 2 is 1.93 bits per heavy atom. The van der Waals surface area contributed by atoms with Crippen molar-refractivity contribution in [1.29, 1.82) is 0 Å². The number of nitrogens with one attached hydrogen (secondary N) is 1.